The highest BCUT2D eigenvalue weighted by Crippen LogP contribution is 2.11. The minimum Gasteiger partial charge on any atom is -0.261 e. The van der Waals surface area contributed by atoms with E-state index in [1.165, 1.54) is 16.7 Å². The van der Waals surface area contributed by atoms with Crippen LogP contribution in [0.5, 0.6) is 0 Å². The van der Waals surface area contributed by atoms with Gasteiger partial charge in [0.05, 0.1) is 0 Å². The summed E-state index contributed by atoms with van der Waals surface area (Å²) in [6, 6.07) is 2.11. The number of allylic oxidation sites excluding steroid dienone is 1. The van der Waals surface area contributed by atoms with Crippen molar-refractivity contribution in [2.75, 3.05) is 0 Å². The lowest BCUT2D eigenvalue weighted by molar-refractivity contribution is 1.17. The first kappa shape index (κ1) is 12.9. The van der Waals surface area contributed by atoms with Gasteiger partial charge in [-0.2, -0.15) is 0 Å². The molecule has 1 heteroatoms. The maximum absolute atomic E-state index is 4.25. The zero-order valence-electron chi connectivity index (χ0n) is 10.2. The van der Waals surface area contributed by atoms with Gasteiger partial charge in [-0.3, -0.25) is 4.98 Å². The van der Waals surface area contributed by atoms with E-state index in [9.17, 15) is 0 Å². The van der Waals surface area contributed by atoms with Crippen molar-refractivity contribution < 1.29 is 0 Å². The van der Waals surface area contributed by atoms with Crippen LogP contribution in [0.4, 0.5) is 0 Å². The molecule has 0 N–H and O–H groups in total. The van der Waals surface area contributed by atoms with E-state index in [0.29, 0.717) is 0 Å². The third kappa shape index (κ3) is 4.22. The lowest BCUT2D eigenvalue weighted by Gasteiger charge is -2.01. The molecule has 0 fully saturated rings. The molecule has 14 heavy (non-hydrogen) atoms. The molecule has 0 atom stereocenters. The van der Waals surface area contributed by atoms with Crippen LogP contribution in [-0.4, -0.2) is 4.98 Å². The Hall–Kier alpha value is -1.11. The highest BCUT2D eigenvalue weighted by atomic mass is 14.7. The lowest BCUT2D eigenvalue weighted by atomic mass is 10.1. The molecule has 0 aromatic carbocycles. The van der Waals surface area contributed by atoms with Crippen LogP contribution in [-0.2, 0) is 0 Å². The number of aryl methyl sites for hydroxylation is 2. The maximum atomic E-state index is 4.25. The molecule has 78 valence electrons. The van der Waals surface area contributed by atoms with Gasteiger partial charge in [-0.05, 0) is 44.9 Å². The first-order valence-electron chi connectivity index (χ1n) is 5.18. The summed E-state index contributed by atoms with van der Waals surface area (Å²) in [5.41, 5.74) is 4.91. The minimum absolute atomic E-state index is 1.08. The van der Waals surface area contributed by atoms with Gasteiger partial charge in [-0.25, -0.2) is 0 Å². The van der Waals surface area contributed by atoms with Crippen LogP contribution in [0, 0.1) is 13.8 Å². The van der Waals surface area contributed by atoms with Crippen molar-refractivity contribution in [3.05, 3.63) is 34.7 Å². The molecular weight excluding hydrogens is 170 g/mol. The summed E-state index contributed by atoms with van der Waals surface area (Å²) < 4.78 is 0. The number of aromatic nitrogens is 1. The van der Waals surface area contributed by atoms with E-state index < -0.39 is 0 Å². The SMILES string of the molecule is CC.CC(C)=Cc1cnc(C)cc1C. The first-order valence-corrected chi connectivity index (χ1v) is 5.18. The lowest BCUT2D eigenvalue weighted by Crippen LogP contribution is -1.86. The van der Waals surface area contributed by atoms with Crippen molar-refractivity contribution in [2.45, 2.75) is 41.5 Å². The van der Waals surface area contributed by atoms with Crippen molar-refractivity contribution in [1.82, 2.24) is 4.98 Å². The van der Waals surface area contributed by atoms with Gasteiger partial charge in [-0.15, -0.1) is 0 Å². The fourth-order valence-corrected chi connectivity index (χ4v) is 1.17. The molecule has 0 aliphatic carbocycles. The van der Waals surface area contributed by atoms with E-state index in [4.69, 9.17) is 0 Å². The van der Waals surface area contributed by atoms with Gasteiger partial charge in [0.15, 0.2) is 0 Å². The van der Waals surface area contributed by atoms with E-state index in [1.54, 1.807) is 0 Å². The smallest absolute Gasteiger partial charge is 0.0375 e. The topological polar surface area (TPSA) is 12.9 Å². The second-order valence-corrected chi connectivity index (χ2v) is 3.40. The van der Waals surface area contributed by atoms with Crippen LogP contribution in [0.15, 0.2) is 17.8 Å². The maximum Gasteiger partial charge on any atom is 0.0375 e. The molecule has 0 radical (unpaired) electrons. The minimum atomic E-state index is 1.08. The average molecular weight is 191 g/mol. The third-order valence-corrected chi connectivity index (χ3v) is 1.73. The summed E-state index contributed by atoms with van der Waals surface area (Å²) in [5.74, 6) is 0. The Bertz CT molecular complexity index is 307. The van der Waals surface area contributed by atoms with E-state index in [1.807, 2.05) is 27.0 Å². The quantitative estimate of drug-likeness (QED) is 0.650. The van der Waals surface area contributed by atoms with Gasteiger partial charge < -0.3 is 0 Å². The van der Waals surface area contributed by atoms with Crippen molar-refractivity contribution in [1.29, 1.82) is 0 Å². The molecule has 0 aliphatic heterocycles. The molecule has 0 amide bonds. The fourth-order valence-electron chi connectivity index (χ4n) is 1.17. The molecule has 0 spiro atoms. The van der Waals surface area contributed by atoms with Gasteiger partial charge in [-0.1, -0.05) is 25.5 Å². The van der Waals surface area contributed by atoms with E-state index in [-0.39, 0.29) is 0 Å². The van der Waals surface area contributed by atoms with Crippen LogP contribution in [0.25, 0.3) is 6.08 Å². The summed E-state index contributed by atoms with van der Waals surface area (Å²) in [7, 11) is 0. The molecular formula is C13H21N. The number of rotatable bonds is 1. The summed E-state index contributed by atoms with van der Waals surface area (Å²) in [5, 5.41) is 0. The van der Waals surface area contributed by atoms with E-state index >= 15 is 0 Å². The van der Waals surface area contributed by atoms with Crippen molar-refractivity contribution in [3.63, 3.8) is 0 Å². The monoisotopic (exact) mass is 191 g/mol. The number of hydrogen-bond acceptors (Lipinski definition) is 1. The molecule has 0 saturated heterocycles. The summed E-state index contributed by atoms with van der Waals surface area (Å²) in [4.78, 5) is 4.25. The fraction of sp³-hybridized carbons (Fsp3) is 0.462. The summed E-state index contributed by atoms with van der Waals surface area (Å²) in [6.45, 7) is 12.3. The molecule has 1 aromatic heterocycles. The Morgan fingerprint density at radius 1 is 1.21 bits per heavy atom. The Kier molecular flexibility index (Phi) is 5.86. The third-order valence-electron chi connectivity index (χ3n) is 1.73. The molecule has 0 bridgehead atoms. The summed E-state index contributed by atoms with van der Waals surface area (Å²) in [6.07, 6.45) is 4.08. The van der Waals surface area contributed by atoms with Gasteiger partial charge in [0, 0.05) is 11.9 Å². The molecule has 0 aliphatic rings. The van der Waals surface area contributed by atoms with Gasteiger partial charge in [0.25, 0.3) is 0 Å². The van der Waals surface area contributed by atoms with Crippen LogP contribution < -0.4 is 0 Å². The van der Waals surface area contributed by atoms with Crippen LogP contribution in [0.1, 0.15) is 44.5 Å². The van der Waals surface area contributed by atoms with Crippen LogP contribution >= 0.6 is 0 Å². The molecule has 1 nitrogen and oxygen atoms in total. The number of hydrogen-bond donors (Lipinski definition) is 0. The van der Waals surface area contributed by atoms with Crippen molar-refractivity contribution in [2.24, 2.45) is 0 Å². The molecule has 0 unspecified atom stereocenters. The summed E-state index contributed by atoms with van der Waals surface area (Å²) >= 11 is 0. The second-order valence-electron chi connectivity index (χ2n) is 3.40. The van der Waals surface area contributed by atoms with Crippen LogP contribution in [0.3, 0.4) is 0 Å². The van der Waals surface area contributed by atoms with E-state index in [2.05, 4.69) is 37.9 Å². The largest absolute Gasteiger partial charge is 0.261 e. The normalized spacial score (nSPS) is 8.71. The zero-order chi connectivity index (χ0) is 11.1. The zero-order valence-corrected chi connectivity index (χ0v) is 10.2. The van der Waals surface area contributed by atoms with Crippen molar-refractivity contribution >= 4 is 6.08 Å². The van der Waals surface area contributed by atoms with Crippen LogP contribution in [0.2, 0.25) is 0 Å². The Labute approximate surface area is 87.9 Å². The van der Waals surface area contributed by atoms with Gasteiger partial charge in [0.2, 0.25) is 0 Å². The Morgan fingerprint density at radius 3 is 2.21 bits per heavy atom. The highest BCUT2D eigenvalue weighted by molar-refractivity contribution is 5.54. The Morgan fingerprint density at radius 2 is 1.79 bits per heavy atom. The average Bonchev–Trinajstić information content (AvgIpc) is 2.13. The Balaban J connectivity index is 0.000000791. The van der Waals surface area contributed by atoms with Gasteiger partial charge in [0.1, 0.15) is 0 Å². The standard InChI is InChI=1S/C11H15N.C2H6/c1-8(2)5-11-7-12-10(4)6-9(11)3;1-2/h5-7H,1-4H3;1-2H3. The van der Waals surface area contributed by atoms with Gasteiger partial charge >= 0.3 is 0 Å². The predicted octanol–water partition coefficient (Wildman–Crippen LogP) is 4.15. The second kappa shape index (κ2) is 6.36. The molecule has 1 rings (SSSR count). The molecule has 0 saturated carbocycles. The number of nitrogens with zero attached hydrogens (tertiary/aromatic N) is 1. The first-order chi connectivity index (χ1) is 6.59. The highest BCUT2D eigenvalue weighted by Gasteiger charge is 1.94. The molecule has 1 heterocycles. The van der Waals surface area contributed by atoms with Crippen molar-refractivity contribution in [3.8, 4) is 0 Å². The molecule has 1 aromatic rings. The van der Waals surface area contributed by atoms with E-state index in [0.717, 1.165) is 5.69 Å². The predicted molar refractivity (Wildman–Crippen MR) is 64.4 cm³/mol. The number of pyridine rings is 1.